The summed E-state index contributed by atoms with van der Waals surface area (Å²) in [6.07, 6.45) is 1.68. The van der Waals surface area contributed by atoms with E-state index >= 15 is 0 Å². The van der Waals surface area contributed by atoms with E-state index in [0.29, 0.717) is 28.8 Å². The maximum Gasteiger partial charge on any atom is 0.341 e. The normalized spacial score (nSPS) is 10.3. The SMILES string of the molecule is CCOC(=O)c1cc(-c2ccccc2)sc1NC(=S)NCc1ccn[nH]1. The molecule has 1 aromatic carbocycles. The van der Waals surface area contributed by atoms with Gasteiger partial charge in [-0.25, -0.2) is 4.79 Å². The van der Waals surface area contributed by atoms with Crippen LogP contribution in [0.2, 0.25) is 0 Å². The standard InChI is InChI=1S/C18H18N4O2S2/c1-2-24-17(23)14-10-15(12-6-4-3-5-7-12)26-16(14)21-18(25)19-11-13-8-9-20-22-13/h3-10H,2,11H2,1H3,(H,20,22)(H2,19,21,25). The van der Waals surface area contributed by atoms with Gasteiger partial charge >= 0.3 is 5.97 Å². The van der Waals surface area contributed by atoms with Crippen LogP contribution in [-0.2, 0) is 11.3 Å². The van der Waals surface area contributed by atoms with Crippen molar-refractivity contribution in [3.05, 3.63) is 59.9 Å². The van der Waals surface area contributed by atoms with Crippen molar-refractivity contribution >= 4 is 39.6 Å². The zero-order chi connectivity index (χ0) is 18.4. The largest absolute Gasteiger partial charge is 0.462 e. The van der Waals surface area contributed by atoms with Crippen LogP contribution in [0, 0.1) is 0 Å². The lowest BCUT2D eigenvalue weighted by Crippen LogP contribution is -2.28. The van der Waals surface area contributed by atoms with Gasteiger partial charge in [0.2, 0.25) is 0 Å². The van der Waals surface area contributed by atoms with Crippen molar-refractivity contribution in [2.75, 3.05) is 11.9 Å². The van der Waals surface area contributed by atoms with Crippen molar-refractivity contribution in [3.63, 3.8) is 0 Å². The molecule has 0 unspecified atom stereocenters. The first-order valence-corrected chi connectivity index (χ1v) is 9.29. The molecule has 0 amide bonds. The van der Waals surface area contributed by atoms with Crippen LogP contribution in [-0.4, -0.2) is 27.9 Å². The zero-order valence-corrected chi connectivity index (χ0v) is 15.7. The third kappa shape index (κ3) is 4.47. The number of thiocarbonyl (C=S) groups is 1. The van der Waals surface area contributed by atoms with Crippen LogP contribution in [0.3, 0.4) is 0 Å². The van der Waals surface area contributed by atoms with Crippen LogP contribution in [0.4, 0.5) is 5.00 Å². The van der Waals surface area contributed by atoms with Crippen molar-refractivity contribution < 1.29 is 9.53 Å². The predicted molar refractivity (Wildman–Crippen MR) is 107 cm³/mol. The molecule has 0 aliphatic rings. The smallest absolute Gasteiger partial charge is 0.341 e. The van der Waals surface area contributed by atoms with Gasteiger partial charge in [0.05, 0.1) is 24.4 Å². The fraction of sp³-hybridized carbons (Fsp3) is 0.167. The Morgan fingerprint density at radius 2 is 2.12 bits per heavy atom. The first-order chi connectivity index (χ1) is 12.7. The van der Waals surface area contributed by atoms with Crippen LogP contribution < -0.4 is 10.6 Å². The molecule has 0 spiro atoms. The average Bonchev–Trinajstić information content (AvgIpc) is 3.31. The molecular weight excluding hydrogens is 368 g/mol. The van der Waals surface area contributed by atoms with Crippen LogP contribution in [0.1, 0.15) is 23.0 Å². The summed E-state index contributed by atoms with van der Waals surface area (Å²) in [5.41, 5.74) is 2.42. The molecular formula is C18H18N4O2S2. The Hall–Kier alpha value is -2.71. The molecule has 0 bridgehead atoms. The summed E-state index contributed by atoms with van der Waals surface area (Å²) in [5.74, 6) is -0.371. The van der Waals surface area contributed by atoms with Gasteiger partial charge in [0, 0.05) is 11.1 Å². The molecule has 0 aliphatic heterocycles. The molecule has 0 radical (unpaired) electrons. The van der Waals surface area contributed by atoms with Gasteiger partial charge in [-0.3, -0.25) is 5.10 Å². The summed E-state index contributed by atoms with van der Waals surface area (Å²) in [4.78, 5) is 13.3. The topological polar surface area (TPSA) is 79.0 Å². The van der Waals surface area contributed by atoms with Crippen LogP contribution in [0.15, 0.2) is 48.7 Å². The molecule has 26 heavy (non-hydrogen) atoms. The molecule has 0 saturated heterocycles. The number of hydrogen-bond acceptors (Lipinski definition) is 5. The number of thiophene rings is 1. The number of esters is 1. The van der Waals surface area contributed by atoms with Gasteiger partial charge in [-0.15, -0.1) is 11.3 Å². The molecule has 0 fully saturated rings. The molecule has 0 saturated carbocycles. The molecule has 3 rings (SSSR count). The molecule has 3 aromatic rings. The Kier molecular flexibility index (Phi) is 5.98. The lowest BCUT2D eigenvalue weighted by Gasteiger charge is -2.09. The summed E-state index contributed by atoms with van der Waals surface area (Å²) in [5, 5.41) is 14.0. The van der Waals surface area contributed by atoms with Gasteiger partial charge in [-0.05, 0) is 36.8 Å². The highest BCUT2D eigenvalue weighted by atomic mass is 32.1. The molecule has 2 heterocycles. The molecule has 0 aliphatic carbocycles. The summed E-state index contributed by atoms with van der Waals surface area (Å²) in [7, 11) is 0. The van der Waals surface area contributed by atoms with Gasteiger partial charge < -0.3 is 15.4 Å². The van der Waals surface area contributed by atoms with E-state index in [1.165, 1.54) is 11.3 Å². The fourth-order valence-electron chi connectivity index (χ4n) is 2.29. The van der Waals surface area contributed by atoms with Crippen LogP contribution in [0.5, 0.6) is 0 Å². The summed E-state index contributed by atoms with van der Waals surface area (Å²) in [6, 6.07) is 13.6. The number of rotatable bonds is 6. The first-order valence-electron chi connectivity index (χ1n) is 8.07. The van der Waals surface area contributed by atoms with Crippen molar-refractivity contribution in [1.82, 2.24) is 15.5 Å². The number of ether oxygens (including phenoxy) is 1. The summed E-state index contributed by atoms with van der Waals surface area (Å²) < 4.78 is 5.17. The second-order valence-electron chi connectivity index (χ2n) is 5.33. The Morgan fingerprint density at radius 3 is 2.81 bits per heavy atom. The number of carbonyl (C=O) groups is 1. The number of nitrogens with one attached hydrogen (secondary N) is 3. The first kappa shape index (κ1) is 18.1. The van der Waals surface area contributed by atoms with E-state index in [0.717, 1.165) is 16.1 Å². The number of carbonyl (C=O) groups excluding carboxylic acids is 1. The molecule has 134 valence electrons. The van der Waals surface area contributed by atoms with Crippen molar-refractivity contribution in [3.8, 4) is 10.4 Å². The number of nitrogens with zero attached hydrogens (tertiary/aromatic N) is 1. The lowest BCUT2D eigenvalue weighted by atomic mass is 10.1. The van der Waals surface area contributed by atoms with E-state index < -0.39 is 0 Å². The third-order valence-corrected chi connectivity index (χ3v) is 4.86. The van der Waals surface area contributed by atoms with Crippen LogP contribution in [0.25, 0.3) is 10.4 Å². The predicted octanol–water partition coefficient (Wildman–Crippen LogP) is 3.80. The van der Waals surface area contributed by atoms with Crippen molar-refractivity contribution in [1.29, 1.82) is 0 Å². The number of aromatic nitrogens is 2. The van der Waals surface area contributed by atoms with Gasteiger partial charge in [0.15, 0.2) is 5.11 Å². The van der Waals surface area contributed by atoms with Gasteiger partial charge in [0.25, 0.3) is 0 Å². The van der Waals surface area contributed by atoms with E-state index in [4.69, 9.17) is 17.0 Å². The quantitative estimate of drug-likeness (QED) is 0.442. The van der Waals surface area contributed by atoms with Crippen molar-refractivity contribution in [2.24, 2.45) is 0 Å². The van der Waals surface area contributed by atoms with Crippen LogP contribution >= 0.6 is 23.6 Å². The minimum absolute atomic E-state index is 0.317. The monoisotopic (exact) mass is 386 g/mol. The van der Waals surface area contributed by atoms with Gasteiger partial charge in [-0.2, -0.15) is 5.10 Å². The molecule has 2 aromatic heterocycles. The Labute approximate surface area is 160 Å². The highest BCUT2D eigenvalue weighted by Crippen LogP contribution is 2.35. The Bertz CT molecular complexity index is 876. The van der Waals surface area contributed by atoms with Crippen molar-refractivity contribution in [2.45, 2.75) is 13.5 Å². The summed E-state index contributed by atoms with van der Waals surface area (Å²) >= 11 is 6.80. The Balaban J connectivity index is 1.78. The number of aromatic amines is 1. The minimum Gasteiger partial charge on any atom is -0.462 e. The average molecular weight is 387 g/mol. The van der Waals surface area contributed by atoms with Gasteiger partial charge in [-0.1, -0.05) is 30.3 Å². The zero-order valence-electron chi connectivity index (χ0n) is 14.1. The third-order valence-electron chi connectivity index (χ3n) is 3.51. The second-order valence-corrected chi connectivity index (χ2v) is 6.79. The van der Waals surface area contributed by atoms with E-state index in [2.05, 4.69) is 20.8 Å². The molecule has 8 heteroatoms. The highest BCUT2D eigenvalue weighted by Gasteiger charge is 2.19. The molecule has 0 atom stereocenters. The number of benzene rings is 1. The maximum atomic E-state index is 12.3. The number of hydrogen-bond donors (Lipinski definition) is 3. The van der Waals surface area contributed by atoms with E-state index in [1.807, 2.05) is 42.5 Å². The Morgan fingerprint density at radius 1 is 1.31 bits per heavy atom. The lowest BCUT2D eigenvalue weighted by molar-refractivity contribution is 0.0528. The van der Waals surface area contributed by atoms with E-state index in [9.17, 15) is 4.79 Å². The van der Waals surface area contributed by atoms with E-state index in [1.54, 1.807) is 13.1 Å². The molecule has 6 nitrogen and oxygen atoms in total. The van der Waals surface area contributed by atoms with Gasteiger partial charge in [0.1, 0.15) is 5.00 Å². The molecule has 3 N–H and O–H groups in total. The summed E-state index contributed by atoms with van der Waals surface area (Å²) in [6.45, 7) is 2.61. The maximum absolute atomic E-state index is 12.3. The number of H-pyrrole nitrogens is 1. The van der Waals surface area contributed by atoms with E-state index in [-0.39, 0.29) is 5.97 Å². The highest BCUT2D eigenvalue weighted by molar-refractivity contribution is 7.80. The minimum atomic E-state index is -0.371. The fourth-order valence-corrected chi connectivity index (χ4v) is 3.59. The number of anilines is 1. The second kappa shape index (κ2) is 8.59.